The van der Waals surface area contributed by atoms with Crippen molar-refractivity contribution in [3.63, 3.8) is 0 Å². The van der Waals surface area contributed by atoms with Gasteiger partial charge in [-0.15, -0.1) is 0 Å². The van der Waals surface area contributed by atoms with Crippen molar-refractivity contribution in [2.45, 2.75) is 6.61 Å². The van der Waals surface area contributed by atoms with Crippen LogP contribution < -0.4 is 10.1 Å². The number of hydrogen-bond acceptors (Lipinski definition) is 2. The Kier molecular flexibility index (Phi) is 3.19. The lowest BCUT2D eigenvalue weighted by Crippen LogP contribution is -2.05. The molecular formula is C8H7F2NO2. The van der Waals surface area contributed by atoms with Crippen LogP contribution in [0.5, 0.6) is 5.75 Å². The molecule has 1 amide bonds. The van der Waals surface area contributed by atoms with Crippen LogP contribution in [0, 0.1) is 0 Å². The first-order valence-corrected chi connectivity index (χ1v) is 3.48. The molecular weight excluding hydrogens is 180 g/mol. The number of alkyl halides is 2. The molecule has 1 aromatic carbocycles. The minimum Gasteiger partial charge on any atom is -0.433 e. The summed E-state index contributed by atoms with van der Waals surface area (Å²) in [6, 6.07) is 5.95. The lowest BCUT2D eigenvalue weighted by Gasteiger charge is -2.08. The lowest BCUT2D eigenvalue weighted by atomic mass is 10.3. The number of nitrogens with one attached hydrogen (secondary N) is 1. The lowest BCUT2D eigenvalue weighted by molar-refractivity contribution is -0.105. The minimum atomic E-state index is -2.89. The van der Waals surface area contributed by atoms with Crippen LogP contribution in [0.25, 0.3) is 0 Å². The van der Waals surface area contributed by atoms with Gasteiger partial charge in [-0.1, -0.05) is 12.1 Å². The molecule has 13 heavy (non-hydrogen) atoms. The maximum Gasteiger partial charge on any atom is 0.387 e. The first-order valence-electron chi connectivity index (χ1n) is 3.48. The molecule has 0 saturated carbocycles. The molecule has 0 heterocycles. The van der Waals surface area contributed by atoms with E-state index in [-0.39, 0.29) is 11.4 Å². The smallest absolute Gasteiger partial charge is 0.387 e. The fraction of sp³-hybridized carbons (Fsp3) is 0.125. The summed E-state index contributed by atoms with van der Waals surface area (Å²) in [7, 11) is 0. The largest absolute Gasteiger partial charge is 0.433 e. The second-order valence-electron chi connectivity index (χ2n) is 2.14. The minimum absolute atomic E-state index is 0.0513. The van der Waals surface area contributed by atoms with Crippen molar-refractivity contribution >= 4 is 12.1 Å². The molecule has 3 nitrogen and oxygen atoms in total. The monoisotopic (exact) mass is 187 g/mol. The molecule has 0 aliphatic heterocycles. The van der Waals surface area contributed by atoms with Crippen LogP contribution in [0.2, 0.25) is 0 Å². The average Bonchev–Trinajstić information content (AvgIpc) is 2.08. The maximum atomic E-state index is 11.8. The highest BCUT2D eigenvalue weighted by Crippen LogP contribution is 2.24. The standard InChI is InChI=1S/C8H7F2NO2/c9-8(10)13-7-4-2-1-3-6(7)11-5-12/h1-5,8H,(H,11,12). The number of carbonyl (C=O) groups is 1. The van der Waals surface area contributed by atoms with Crippen molar-refractivity contribution < 1.29 is 18.3 Å². The van der Waals surface area contributed by atoms with Gasteiger partial charge in [-0.25, -0.2) is 0 Å². The number of hydrogen-bond donors (Lipinski definition) is 1. The van der Waals surface area contributed by atoms with Crippen LogP contribution in [0.3, 0.4) is 0 Å². The van der Waals surface area contributed by atoms with Gasteiger partial charge in [0, 0.05) is 0 Å². The molecule has 0 atom stereocenters. The van der Waals surface area contributed by atoms with Gasteiger partial charge in [0.15, 0.2) is 0 Å². The number of benzene rings is 1. The zero-order valence-corrected chi connectivity index (χ0v) is 6.54. The average molecular weight is 187 g/mol. The zero-order chi connectivity index (χ0) is 9.68. The zero-order valence-electron chi connectivity index (χ0n) is 6.54. The van der Waals surface area contributed by atoms with Gasteiger partial charge in [-0.3, -0.25) is 4.79 Å². The van der Waals surface area contributed by atoms with E-state index in [9.17, 15) is 13.6 Å². The highest BCUT2D eigenvalue weighted by Gasteiger charge is 2.07. The van der Waals surface area contributed by atoms with Crippen LogP contribution in [-0.2, 0) is 4.79 Å². The molecule has 5 heteroatoms. The van der Waals surface area contributed by atoms with Gasteiger partial charge < -0.3 is 10.1 Å². The molecule has 0 unspecified atom stereocenters. The van der Waals surface area contributed by atoms with Gasteiger partial charge in [-0.05, 0) is 12.1 Å². The third kappa shape index (κ3) is 2.70. The number of para-hydroxylation sites is 2. The van der Waals surface area contributed by atoms with Crippen molar-refractivity contribution in [3.8, 4) is 5.75 Å². The van der Waals surface area contributed by atoms with E-state index in [1.807, 2.05) is 0 Å². The van der Waals surface area contributed by atoms with Gasteiger partial charge in [0.1, 0.15) is 5.75 Å². The molecule has 1 aromatic rings. The van der Waals surface area contributed by atoms with Gasteiger partial charge in [-0.2, -0.15) is 8.78 Å². The summed E-state index contributed by atoms with van der Waals surface area (Å²) in [6.07, 6.45) is 0.396. The Hall–Kier alpha value is -1.65. The van der Waals surface area contributed by atoms with Crippen molar-refractivity contribution in [1.29, 1.82) is 0 Å². The normalized spacial score (nSPS) is 9.77. The van der Waals surface area contributed by atoms with E-state index >= 15 is 0 Å². The Labute approximate surface area is 73.3 Å². The van der Waals surface area contributed by atoms with Crippen molar-refractivity contribution in [3.05, 3.63) is 24.3 Å². The van der Waals surface area contributed by atoms with Crippen LogP contribution in [0.1, 0.15) is 0 Å². The Bertz CT molecular complexity index is 291. The maximum absolute atomic E-state index is 11.8. The van der Waals surface area contributed by atoms with E-state index in [0.717, 1.165) is 0 Å². The molecule has 1 N–H and O–H groups in total. The Balaban J connectivity index is 2.83. The van der Waals surface area contributed by atoms with Crippen molar-refractivity contribution in [2.24, 2.45) is 0 Å². The Morgan fingerprint density at radius 3 is 2.69 bits per heavy atom. The van der Waals surface area contributed by atoms with Gasteiger partial charge in [0.25, 0.3) is 0 Å². The summed E-state index contributed by atoms with van der Waals surface area (Å²) < 4.78 is 27.7. The first kappa shape index (κ1) is 9.44. The number of carbonyl (C=O) groups excluding carboxylic acids is 1. The van der Waals surface area contributed by atoms with Gasteiger partial charge in [0.05, 0.1) is 5.69 Å². The number of anilines is 1. The molecule has 0 aliphatic rings. The van der Waals surface area contributed by atoms with E-state index in [2.05, 4.69) is 10.1 Å². The SMILES string of the molecule is O=CNc1ccccc1OC(F)F. The highest BCUT2D eigenvalue weighted by molar-refractivity contribution is 5.75. The predicted octanol–water partition coefficient (Wildman–Crippen LogP) is 1.86. The summed E-state index contributed by atoms with van der Waals surface area (Å²) in [6.45, 7) is -2.89. The molecule has 0 radical (unpaired) electrons. The van der Waals surface area contributed by atoms with Crippen molar-refractivity contribution in [2.75, 3.05) is 5.32 Å². The summed E-state index contributed by atoms with van der Waals surface area (Å²) in [5.41, 5.74) is 0.220. The Morgan fingerprint density at radius 1 is 1.38 bits per heavy atom. The Morgan fingerprint density at radius 2 is 2.08 bits per heavy atom. The molecule has 0 aromatic heterocycles. The summed E-state index contributed by atoms with van der Waals surface area (Å²) in [5.74, 6) is -0.0513. The third-order valence-electron chi connectivity index (χ3n) is 1.32. The molecule has 0 saturated heterocycles. The fourth-order valence-electron chi connectivity index (χ4n) is 0.848. The van der Waals surface area contributed by atoms with Crippen LogP contribution in [0.15, 0.2) is 24.3 Å². The molecule has 0 bridgehead atoms. The molecule has 0 spiro atoms. The van der Waals surface area contributed by atoms with Crippen LogP contribution in [-0.4, -0.2) is 13.0 Å². The van der Waals surface area contributed by atoms with E-state index < -0.39 is 6.61 Å². The summed E-state index contributed by atoms with van der Waals surface area (Å²) in [4.78, 5) is 10.1. The highest BCUT2D eigenvalue weighted by atomic mass is 19.3. The predicted molar refractivity (Wildman–Crippen MR) is 42.8 cm³/mol. The van der Waals surface area contributed by atoms with E-state index in [0.29, 0.717) is 6.41 Å². The summed E-state index contributed by atoms with van der Waals surface area (Å²) in [5, 5.41) is 2.24. The fourth-order valence-corrected chi connectivity index (χ4v) is 0.848. The number of ether oxygens (including phenoxy) is 1. The quantitative estimate of drug-likeness (QED) is 0.730. The van der Waals surface area contributed by atoms with Crippen molar-refractivity contribution in [1.82, 2.24) is 0 Å². The van der Waals surface area contributed by atoms with E-state index in [1.54, 1.807) is 6.07 Å². The van der Waals surface area contributed by atoms with E-state index in [4.69, 9.17) is 0 Å². The second kappa shape index (κ2) is 4.39. The van der Waals surface area contributed by atoms with Crippen LogP contribution in [0.4, 0.5) is 14.5 Å². The van der Waals surface area contributed by atoms with Gasteiger partial charge >= 0.3 is 6.61 Å². The first-order chi connectivity index (χ1) is 6.24. The molecule has 0 fully saturated rings. The molecule has 0 aliphatic carbocycles. The molecule has 70 valence electrons. The number of amides is 1. The van der Waals surface area contributed by atoms with Gasteiger partial charge in [0.2, 0.25) is 6.41 Å². The number of halogens is 2. The van der Waals surface area contributed by atoms with E-state index in [1.165, 1.54) is 18.2 Å². The third-order valence-corrected chi connectivity index (χ3v) is 1.32. The topological polar surface area (TPSA) is 38.3 Å². The number of rotatable bonds is 4. The second-order valence-corrected chi connectivity index (χ2v) is 2.14. The summed E-state index contributed by atoms with van der Waals surface area (Å²) >= 11 is 0. The van der Waals surface area contributed by atoms with Crippen LogP contribution >= 0.6 is 0 Å². The molecule has 1 rings (SSSR count).